The van der Waals surface area contributed by atoms with E-state index in [4.69, 9.17) is 24.7 Å². The highest BCUT2D eigenvalue weighted by Gasteiger charge is 2.23. The van der Waals surface area contributed by atoms with Crippen molar-refractivity contribution in [3.05, 3.63) is 65.2 Å². The summed E-state index contributed by atoms with van der Waals surface area (Å²) in [7, 11) is 0. The van der Waals surface area contributed by atoms with E-state index in [0.717, 1.165) is 29.7 Å². The number of benzene rings is 2. The molecule has 1 aliphatic rings. The smallest absolute Gasteiger partial charge is 0.240 e. The van der Waals surface area contributed by atoms with E-state index in [1.165, 1.54) is 5.56 Å². The van der Waals surface area contributed by atoms with Crippen molar-refractivity contribution in [1.29, 1.82) is 0 Å². The predicted octanol–water partition coefficient (Wildman–Crippen LogP) is 2.30. The van der Waals surface area contributed by atoms with Crippen LogP contribution in [0.15, 0.2) is 48.5 Å². The van der Waals surface area contributed by atoms with Gasteiger partial charge in [0, 0.05) is 31.5 Å². The van der Waals surface area contributed by atoms with E-state index in [0.29, 0.717) is 59.3 Å². The number of aryl methyl sites for hydroxylation is 2. The van der Waals surface area contributed by atoms with Gasteiger partial charge in [-0.05, 0) is 41.5 Å². The SMILES string of the molecule is CC(C)[C@H](NC(=O)CCOCCOCCOCCOCCNC(=O)CCC(=O)N1Cc2ccccc2CCc2ccccc21)C(N)=O. The van der Waals surface area contributed by atoms with E-state index in [1.807, 2.05) is 49.1 Å². The van der Waals surface area contributed by atoms with Crippen LogP contribution in [0, 0.1) is 5.92 Å². The number of rotatable bonds is 21. The number of fused-ring (bicyclic) bond motifs is 2. The Kier molecular flexibility index (Phi) is 16.9. The first-order valence-corrected chi connectivity index (χ1v) is 16.4. The molecule has 0 unspecified atom stereocenters. The van der Waals surface area contributed by atoms with Crippen molar-refractivity contribution < 1.29 is 38.1 Å². The number of anilines is 1. The molecule has 0 fully saturated rings. The van der Waals surface area contributed by atoms with Gasteiger partial charge in [-0.3, -0.25) is 19.2 Å². The zero-order valence-electron chi connectivity index (χ0n) is 27.7. The summed E-state index contributed by atoms with van der Waals surface area (Å²) in [5, 5.41) is 5.42. The second kappa shape index (κ2) is 21.1. The maximum absolute atomic E-state index is 13.3. The number of ether oxygens (including phenoxy) is 4. The maximum Gasteiger partial charge on any atom is 0.240 e. The van der Waals surface area contributed by atoms with E-state index in [9.17, 15) is 19.2 Å². The minimum Gasteiger partial charge on any atom is -0.379 e. The molecule has 0 aliphatic carbocycles. The molecule has 4 amide bonds. The second-order valence-corrected chi connectivity index (χ2v) is 11.6. The minimum atomic E-state index is -0.690. The topological polar surface area (TPSA) is 159 Å². The summed E-state index contributed by atoms with van der Waals surface area (Å²) in [4.78, 5) is 50.8. The number of para-hydroxylation sites is 1. The fourth-order valence-electron chi connectivity index (χ4n) is 5.13. The van der Waals surface area contributed by atoms with Gasteiger partial charge in [-0.15, -0.1) is 0 Å². The average molecular weight is 655 g/mol. The number of carbonyl (C=O) groups is 4. The molecule has 258 valence electrons. The molecule has 0 bridgehead atoms. The highest BCUT2D eigenvalue weighted by Crippen LogP contribution is 2.29. The van der Waals surface area contributed by atoms with Crippen LogP contribution in [-0.2, 0) is 57.5 Å². The number of carbonyl (C=O) groups excluding carboxylic acids is 4. The van der Waals surface area contributed by atoms with E-state index in [2.05, 4.69) is 28.8 Å². The second-order valence-electron chi connectivity index (χ2n) is 11.6. The molecule has 47 heavy (non-hydrogen) atoms. The number of nitrogens with two attached hydrogens (primary N) is 1. The number of hydrogen-bond donors (Lipinski definition) is 3. The first kappa shape index (κ1) is 37.6. The molecular weight excluding hydrogens is 604 g/mol. The lowest BCUT2D eigenvalue weighted by Gasteiger charge is -2.29. The standard InChI is InChI=1S/C35H50N4O8/c1-26(2)34(35(36)43)38-32(41)15-17-44-19-21-46-23-24-47-22-20-45-18-16-37-31(40)13-14-33(42)39-25-29-9-4-3-7-27(29)11-12-28-8-5-6-10-30(28)39/h3-10,26,34H,11-25H2,1-2H3,(H2,36,43)(H,37,40)(H,38,41)/t34-/m0/s1. The summed E-state index contributed by atoms with van der Waals surface area (Å²) < 4.78 is 21.8. The Labute approximate surface area is 277 Å². The summed E-state index contributed by atoms with van der Waals surface area (Å²) in [6.07, 6.45) is 2.16. The van der Waals surface area contributed by atoms with Crippen LogP contribution in [0.4, 0.5) is 5.69 Å². The van der Waals surface area contributed by atoms with Gasteiger partial charge < -0.3 is 40.2 Å². The third-order valence-corrected chi connectivity index (χ3v) is 7.71. The van der Waals surface area contributed by atoms with Crippen LogP contribution in [0.3, 0.4) is 0 Å². The summed E-state index contributed by atoms with van der Waals surface area (Å²) in [6.45, 7) is 7.27. The Morgan fingerprint density at radius 3 is 1.89 bits per heavy atom. The fraction of sp³-hybridized carbons (Fsp3) is 0.543. The molecule has 0 saturated heterocycles. The highest BCUT2D eigenvalue weighted by atomic mass is 16.6. The summed E-state index contributed by atoms with van der Waals surface area (Å²) in [6, 6.07) is 15.5. The molecule has 0 saturated carbocycles. The largest absolute Gasteiger partial charge is 0.379 e. The van der Waals surface area contributed by atoms with E-state index >= 15 is 0 Å². The van der Waals surface area contributed by atoms with Crippen LogP contribution in [0.5, 0.6) is 0 Å². The maximum atomic E-state index is 13.3. The quantitative estimate of drug-likeness (QED) is 0.173. The molecule has 12 heteroatoms. The molecular formula is C35H50N4O8. The Bertz CT molecular complexity index is 1290. The van der Waals surface area contributed by atoms with Crippen molar-refractivity contribution in [2.24, 2.45) is 11.7 Å². The Morgan fingerprint density at radius 2 is 1.26 bits per heavy atom. The summed E-state index contributed by atoms with van der Waals surface area (Å²) in [5.74, 6) is -1.19. The van der Waals surface area contributed by atoms with Crippen molar-refractivity contribution in [2.75, 3.05) is 64.3 Å². The predicted molar refractivity (Wildman–Crippen MR) is 178 cm³/mol. The van der Waals surface area contributed by atoms with Gasteiger partial charge in [-0.2, -0.15) is 0 Å². The number of amides is 4. The van der Waals surface area contributed by atoms with Crippen molar-refractivity contribution in [2.45, 2.75) is 58.5 Å². The molecule has 1 heterocycles. The van der Waals surface area contributed by atoms with Crippen molar-refractivity contribution in [3.63, 3.8) is 0 Å². The first-order chi connectivity index (χ1) is 22.8. The zero-order valence-corrected chi connectivity index (χ0v) is 27.7. The van der Waals surface area contributed by atoms with Crippen LogP contribution in [0.1, 0.15) is 49.8 Å². The van der Waals surface area contributed by atoms with Gasteiger partial charge in [0.15, 0.2) is 0 Å². The van der Waals surface area contributed by atoms with Crippen LogP contribution >= 0.6 is 0 Å². The Morgan fingerprint density at radius 1 is 0.702 bits per heavy atom. The molecule has 0 spiro atoms. The van der Waals surface area contributed by atoms with Crippen molar-refractivity contribution in [3.8, 4) is 0 Å². The van der Waals surface area contributed by atoms with Gasteiger partial charge in [0.1, 0.15) is 6.04 Å². The lowest BCUT2D eigenvalue weighted by Crippen LogP contribution is -2.47. The molecule has 4 N–H and O–H groups in total. The lowest BCUT2D eigenvalue weighted by molar-refractivity contribution is -0.129. The van der Waals surface area contributed by atoms with Gasteiger partial charge >= 0.3 is 0 Å². The van der Waals surface area contributed by atoms with Gasteiger partial charge in [0.2, 0.25) is 23.6 Å². The highest BCUT2D eigenvalue weighted by molar-refractivity contribution is 5.96. The Hall–Kier alpha value is -3.84. The molecule has 1 aliphatic heterocycles. The third kappa shape index (κ3) is 13.8. The van der Waals surface area contributed by atoms with Gasteiger partial charge in [0.05, 0.1) is 59.4 Å². The van der Waals surface area contributed by atoms with Crippen LogP contribution in [0.25, 0.3) is 0 Å². The summed E-state index contributed by atoms with van der Waals surface area (Å²) >= 11 is 0. The normalized spacial score (nSPS) is 13.2. The number of hydrogen-bond acceptors (Lipinski definition) is 8. The average Bonchev–Trinajstić information content (AvgIpc) is 3.05. The molecule has 2 aromatic carbocycles. The van der Waals surface area contributed by atoms with E-state index in [-0.39, 0.29) is 49.5 Å². The molecule has 1 atom stereocenters. The lowest BCUT2D eigenvalue weighted by atomic mass is 9.95. The van der Waals surface area contributed by atoms with Gasteiger partial charge in [0.25, 0.3) is 0 Å². The number of primary amides is 1. The molecule has 3 rings (SSSR count). The van der Waals surface area contributed by atoms with Crippen LogP contribution in [-0.4, -0.2) is 89.1 Å². The first-order valence-electron chi connectivity index (χ1n) is 16.4. The van der Waals surface area contributed by atoms with E-state index < -0.39 is 11.9 Å². The molecule has 0 aromatic heterocycles. The third-order valence-electron chi connectivity index (χ3n) is 7.71. The Balaban J connectivity index is 1.17. The number of nitrogens with zero attached hydrogens (tertiary/aromatic N) is 1. The molecule has 2 aromatic rings. The van der Waals surface area contributed by atoms with Gasteiger partial charge in [-0.25, -0.2) is 0 Å². The van der Waals surface area contributed by atoms with Crippen molar-refractivity contribution in [1.82, 2.24) is 10.6 Å². The minimum absolute atomic E-state index is 0.0724. The van der Waals surface area contributed by atoms with Crippen LogP contribution in [0.2, 0.25) is 0 Å². The van der Waals surface area contributed by atoms with Crippen molar-refractivity contribution >= 4 is 29.3 Å². The molecule has 12 nitrogen and oxygen atoms in total. The zero-order chi connectivity index (χ0) is 33.9. The van der Waals surface area contributed by atoms with E-state index in [1.54, 1.807) is 0 Å². The molecule has 0 radical (unpaired) electrons. The number of nitrogens with one attached hydrogen (secondary N) is 2. The summed E-state index contributed by atoms with van der Waals surface area (Å²) in [5.41, 5.74) is 9.74. The fourth-order valence-corrected chi connectivity index (χ4v) is 5.13. The van der Waals surface area contributed by atoms with Gasteiger partial charge in [-0.1, -0.05) is 56.3 Å². The monoisotopic (exact) mass is 654 g/mol. The van der Waals surface area contributed by atoms with Crippen LogP contribution < -0.4 is 21.3 Å².